The molecule has 1 aromatic rings. The predicted octanol–water partition coefficient (Wildman–Crippen LogP) is 2.85. The van der Waals surface area contributed by atoms with Crippen LogP contribution in [0.25, 0.3) is 0 Å². The lowest BCUT2D eigenvalue weighted by Gasteiger charge is -2.21. The van der Waals surface area contributed by atoms with Crippen molar-refractivity contribution < 1.29 is 19.4 Å². The van der Waals surface area contributed by atoms with Crippen LogP contribution in [-0.2, 0) is 10.2 Å². The number of benzene rings is 1. The highest BCUT2D eigenvalue weighted by Crippen LogP contribution is 2.33. The average Bonchev–Trinajstić information content (AvgIpc) is 2.26. The fourth-order valence-electron chi connectivity index (χ4n) is 1.50. The van der Waals surface area contributed by atoms with Crippen LogP contribution in [0.3, 0.4) is 0 Å². The van der Waals surface area contributed by atoms with Crippen LogP contribution in [-0.4, -0.2) is 24.3 Å². The third kappa shape index (κ3) is 3.95. The first-order valence-electron chi connectivity index (χ1n) is 5.96. The van der Waals surface area contributed by atoms with Crippen LogP contribution in [0, 0.1) is 0 Å². The first-order valence-corrected chi connectivity index (χ1v) is 5.96. The highest BCUT2D eigenvalue weighted by molar-refractivity contribution is 5.68. The van der Waals surface area contributed by atoms with E-state index in [4.69, 9.17) is 14.6 Å². The summed E-state index contributed by atoms with van der Waals surface area (Å²) in [6.45, 7) is 8.35. The first kappa shape index (κ1) is 14.4. The zero-order chi connectivity index (χ0) is 13.8. The van der Waals surface area contributed by atoms with E-state index < -0.39 is 5.97 Å². The lowest BCUT2D eigenvalue weighted by molar-refractivity contribution is -0.139. The van der Waals surface area contributed by atoms with Crippen molar-refractivity contribution in [3.63, 3.8) is 0 Å². The number of ether oxygens (including phenoxy) is 2. The Bertz CT molecular complexity index is 418. The van der Waals surface area contributed by atoms with E-state index in [2.05, 4.69) is 20.8 Å². The Balaban J connectivity index is 3.00. The summed E-state index contributed by atoms with van der Waals surface area (Å²) in [6, 6.07) is 5.59. The molecule has 0 fully saturated rings. The molecular formula is C14H20O4. The molecule has 1 N–H and O–H groups in total. The number of aliphatic carboxylic acids is 1. The number of carbonyl (C=O) groups is 1. The molecule has 0 saturated heterocycles. The Morgan fingerprint density at radius 2 is 1.89 bits per heavy atom. The summed E-state index contributed by atoms with van der Waals surface area (Å²) in [5.74, 6) is 0.0516. The van der Waals surface area contributed by atoms with Gasteiger partial charge in [0.15, 0.2) is 18.1 Å². The molecule has 0 aliphatic rings. The van der Waals surface area contributed by atoms with Crippen LogP contribution in [0.15, 0.2) is 18.2 Å². The molecule has 100 valence electrons. The summed E-state index contributed by atoms with van der Waals surface area (Å²) in [7, 11) is 0. The van der Waals surface area contributed by atoms with Crippen molar-refractivity contribution in [1.82, 2.24) is 0 Å². The molecule has 0 spiro atoms. The maximum Gasteiger partial charge on any atom is 0.341 e. The normalized spacial score (nSPS) is 11.1. The molecule has 4 heteroatoms. The van der Waals surface area contributed by atoms with Gasteiger partial charge in [-0.1, -0.05) is 26.8 Å². The second-order valence-electron chi connectivity index (χ2n) is 5.03. The molecule has 1 aromatic carbocycles. The van der Waals surface area contributed by atoms with Gasteiger partial charge in [0.2, 0.25) is 0 Å². The second kappa shape index (κ2) is 5.76. The molecular weight excluding hydrogens is 232 g/mol. The monoisotopic (exact) mass is 252 g/mol. The molecule has 4 nitrogen and oxygen atoms in total. The Morgan fingerprint density at radius 3 is 2.39 bits per heavy atom. The molecule has 0 saturated carbocycles. The van der Waals surface area contributed by atoms with Gasteiger partial charge >= 0.3 is 5.97 Å². The Kier molecular flexibility index (Phi) is 4.59. The minimum absolute atomic E-state index is 0.0111. The van der Waals surface area contributed by atoms with E-state index in [1.54, 1.807) is 6.07 Å². The molecule has 0 bridgehead atoms. The first-order chi connectivity index (χ1) is 8.34. The molecule has 0 amide bonds. The number of carboxylic acids is 1. The number of hydrogen-bond acceptors (Lipinski definition) is 3. The molecule has 0 aliphatic heterocycles. The summed E-state index contributed by atoms with van der Waals surface area (Å²) in [6.07, 6.45) is 0. The van der Waals surface area contributed by atoms with Gasteiger partial charge in [0.1, 0.15) is 0 Å². The topological polar surface area (TPSA) is 55.8 Å². The van der Waals surface area contributed by atoms with E-state index in [9.17, 15) is 4.79 Å². The fourth-order valence-corrected chi connectivity index (χ4v) is 1.50. The lowest BCUT2D eigenvalue weighted by Crippen LogP contribution is -2.13. The van der Waals surface area contributed by atoms with Crippen LogP contribution >= 0.6 is 0 Å². The smallest absolute Gasteiger partial charge is 0.341 e. The highest BCUT2D eigenvalue weighted by atomic mass is 16.5. The van der Waals surface area contributed by atoms with Gasteiger partial charge < -0.3 is 14.6 Å². The van der Waals surface area contributed by atoms with Crippen molar-refractivity contribution in [2.45, 2.75) is 33.1 Å². The Labute approximate surface area is 108 Å². The number of rotatable bonds is 5. The Morgan fingerprint density at radius 1 is 1.22 bits per heavy atom. The summed E-state index contributed by atoms with van der Waals surface area (Å²) in [5, 5.41) is 8.61. The third-order valence-electron chi connectivity index (χ3n) is 2.46. The second-order valence-corrected chi connectivity index (χ2v) is 5.03. The van der Waals surface area contributed by atoms with Gasteiger partial charge in [0.25, 0.3) is 0 Å². The van der Waals surface area contributed by atoms with Crippen LogP contribution in [0.5, 0.6) is 11.5 Å². The standard InChI is InChI=1S/C14H20O4/c1-5-17-12-8-10(14(2,3)4)6-7-11(12)18-9-13(15)16/h6-8H,5,9H2,1-4H3,(H,15,16). The zero-order valence-corrected chi connectivity index (χ0v) is 11.3. The summed E-state index contributed by atoms with van der Waals surface area (Å²) < 4.78 is 10.7. The van der Waals surface area contributed by atoms with Gasteiger partial charge in [0, 0.05) is 0 Å². The van der Waals surface area contributed by atoms with Crippen LogP contribution in [0.1, 0.15) is 33.3 Å². The van der Waals surface area contributed by atoms with Crippen molar-refractivity contribution in [1.29, 1.82) is 0 Å². The van der Waals surface area contributed by atoms with Crippen molar-refractivity contribution in [3.8, 4) is 11.5 Å². The summed E-state index contributed by atoms with van der Waals surface area (Å²) in [4.78, 5) is 10.5. The van der Waals surface area contributed by atoms with Crippen molar-refractivity contribution >= 4 is 5.97 Å². The predicted molar refractivity (Wildman–Crippen MR) is 69.4 cm³/mol. The quantitative estimate of drug-likeness (QED) is 0.875. The van der Waals surface area contributed by atoms with Crippen molar-refractivity contribution in [3.05, 3.63) is 23.8 Å². The largest absolute Gasteiger partial charge is 0.490 e. The summed E-state index contributed by atoms with van der Waals surface area (Å²) in [5.41, 5.74) is 1.13. The van der Waals surface area contributed by atoms with Crippen LogP contribution in [0.2, 0.25) is 0 Å². The molecule has 0 heterocycles. The SMILES string of the molecule is CCOc1cc(C(C)(C)C)ccc1OCC(=O)O. The van der Waals surface area contributed by atoms with E-state index >= 15 is 0 Å². The van der Waals surface area contributed by atoms with Crippen molar-refractivity contribution in [2.75, 3.05) is 13.2 Å². The Hall–Kier alpha value is -1.71. The molecule has 0 aliphatic carbocycles. The van der Waals surface area contributed by atoms with Gasteiger partial charge in [0.05, 0.1) is 6.61 Å². The van der Waals surface area contributed by atoms with E-state index in [1.165, 1.54) is 0 Å². The molecule has 0 atom stereocenters. The van der Waals surface area contributed by atoms with Crippen molar-refractivity contribution in [2.24, 2.45) is 0 Å². The van der Waals surface area contributed by atoms with Crippen LogP contribution < -0.4 is 9.47 Å². The number of hydrogen-bond donors (Lipinski definition) is 1. The minimum atomic E-state index is -1.00. The molecule has 0 unspecified atom stereocenters. The average molecular weight is 252 g/mol. The van der Waals surface area contributed by atoms with E-state index in [-0.39, 0.29) is 12.0 Å². The molecule has 1 rings (SSSR count). The van der Waals surface area contributed by atoms with Gasteiger partial charge in [-0.2, -0.15) is 0 Å². The van der Waals surface area contributed by atoms with E-state index in [0.717, 1.165) is 5.56 Å². The van der Waals surface area contributed by atoms with Gasteiger partial charge in [-0.15, -0.1) is 0 Å². The molecule has 0 aromatic heterocycles. The molecule has 0 radical (unpaired) electrons. The zero-order valence-electron chi connectivity index (χ0n) is 11.3. The maximum absolute atomic E-state index is 10.5. The van der Waals surface area contributed by atoms with E-state index in [0.29, 0.717) is 18.1 Å². The van der Waals surface area contributed by atoms with E-state index in [1.807, 2.05) is 19.1 Å². The third-order valence-corrected chi connectivity index (χ3v) is 2.46. The fraction of sp³-hybridized carbons (Fsp3) is 0.500. The molecule has 18 heavy (non-hydrogen) atoms. The summed E-state index contributed by atoms with van der Waals surface area (Å²) >= 11 is 0. The highest BCUT2D eigenvalue weighted by Gasteiger charge is 2.17. The van der Waals surface area contributed by atoms with Gasteiger partial charge in [-0.3, -0.25) is 0 Å². The van der Waals surface area contributed by atoms with Gasteiger partial charge in [-0.25, -0.2) is 4.79 Å². The lowest BCUT2D eigenvalue weighted by atomic mass is 9.87. The van der Waals surface area contributed by atoms with Gasteiger partial charge in [-0.05, 0) is 30.0 Å². The maximum atomic E-state index is 10.5. The number of carboxylic acid groups (broad SMARTS) is 1. The minimum Gasteiger partial charge on any atom is -0.490 e. The van der Waals surface area contributed by atoms with Crippen LogP contribution in [0.4, 0.5) is 0 Å².